The summed E-state index contributed by atoms with van der Waals surface area (Å²) in [6, 6.07) is 3.95. The van der Waals surface area contributed by atoms with Gasteiger partial charge >= 0.3 is 0 Å². The van der Waals surface area contributed by atoms with Gasteiger partial charge in [0, 0.05) is 4.88 Å². The Morgan fingerprint density at radius 2 is 2.25 bits per heavy atom. The minimum absolute atomic E-state index is 0.212. The molecule has 1 aliphatic carbocycles. The first-order chi connectivity index (χ1) is 9.60. The zero-order chi connectivity index (χ0) is 14.3. The molecule has 0 aliphatic heterocycles. The van der Waals surface area contributed by atoms with E-state index < -0.39 is 0 Å². The number of furan rings is 1. The average Bonchev–Trinajstić information content (AvgIpc) is 3.03. The normalized spacial score (nSPS) is 13.1. The van der Waals surface area contributed by atoms with Crippen LogP contribution in [0.4, 0.5) is 5.00 Å². The van der Waals surface area contributed by atoms with Gasteiger partial charge in [-0.1, -0.05) is 0 Å². The fourth-order valence-electron chi connectivity index (χ4n) is 2.64. The van der Waals surface area contributed by atoms with Crippen molar-refractivity contribution in [1.82, 2.24) is 0 Å². The van der Waals surface area contributed by atoms with Gasteiger partial charge in [-0.3, -0.25) is 4.79 Å². The molecule has 0 atom stereocenters. The molecule has 3 rings (SSSR count). The van der Waals surface area contributed by atoms with Crippen LogP contribution in [-0.4, -0.2) is 5.91 Å². The number of amides is 1. The number of carbonyl (C=O) groups is 1. The highest BCUT2D eigenvalue weighted by atomic mass is 32.1. The quantitative estimate of drug-likeness (QED) is 0.917. The Hall–Kier alpha value is -2.06. The topological polar surface area (TPSA) is 66.0 Å². The van der Waals surface area contributed by atoms with E-state index in [-0.39, 0.29) is 5.91 Å². The van der Waals surface area contributed by atoms with Crippen LogP contribution in [0.25, 0.3) is 0 Å². The van der Waals surface area contributed by atoms with Crippen LogP contribution in [0.3, 0.4) is 0 Å². The maximum atomic E-state index is 12.3. The minimum Gasteiger partial charge on any atom is -0.466 e. The highest BCUT2D eigenvalue weighted by molar-refractivity contribution is 7.16. The molecular formula is C15H14N2O2S. The molecule has 0 unspecified atom stereocenters. The van der Waals surface area contributed by atoms with Crippen LogP contribution >= 0.6 is 11.3 Å². The molecule has 5 heteroatoms. The molecule has 4 nitrogen and oxygen atoms in total. The molecule has 0 radical (unpaired) electrons. The van der Waals surface area contributed by atoms with Gasteiger partial charge in [-0.05, 0) is 44.7 Å². The number of fused-ring (bicyclic) bond motifs is 1. The van der Waals surface area contributed by atoms with Crippen LogP contribution in [0.2, 0.25) is 0 Å². The van der Waals surface area contributed by atoms with E-state index >= 15 is 0 Å². The van der Waals surface area contributed by atoms with Crippen molar-refractivity contribution in [2.75, 3.05) is 5.32 Å². The van der Waals surface area contributed by atoms with E-state index in [0.29, 0.717) is 27.6 Å². The monoisotopic (exact) mass is 286 g/mol. The Morgan fingerprint density at radius 3 is 2.90 bits per heavy atom. The molecule has 1 N–H and O–H groups in total. The molecule has 1 amide bonds. The van der Waals surface area contributed by atoms with Crippen molar-refractivity contribution in [3.63, 3.8) is 0 Å². The van der Waals surface area contributed by atoms with Crippen LogP contribution in [0.1, 0.15) is 44.3 Å². The molecule has 2 aromatic heterocycles. The summed E-state index contributed by atoms with van der Waals surface area (Å²) in [5.74, 6) is 1.10. The lowest BCUT2D eigenvalue weighted by molar-refractivity contribution is 0.102. The van der Waals surface area contributed by atoms with Gasteiger partial charge < -0.3 is 9.73 Å². The number of rotatable bonds is 2. The summed E-state index contributed by atoms with van der Waals surface area (Å²) in [5.41, 5.74) is 2.28. The second kappa shape index (κ2) is 4.80. The molecule has 20 heavy (non-hydrogen) atoms. The summed E-state index contributed by atoms with van der Waals surface area (Å²) in [4.78, 5) is 13.5. The molecule has 0 aromatic carbocycles. The highest BCUT2D eigenvalue weighted by Crippen LogP contribution is 2.38. The maximum Gasteiger partial charge on any atom is 0.259 e. The Bertz CT molecular complexity index is 734. The van der Waals surface area contributed by atoms with E-state index in [0.717, 1.165) is 24.8 Å². The van der Waals surface area contributed by atoms with Gasteiger partial charge in [0.05, 0.1) is 11.1 Å². The number of aryl methyl sites for hydroxylation is 3. The van der Waals surface area contributed by atoms with Crippen molar-refractivity contribution in [3.8, 4) is 6.07 Å². The standard InChI is InChI=1S/C15H14N2O2S/c1-8-6-11(9(2)19-8)14(18)17-15-12(7-16)10-4-3-5-13(10)20-15/h6H,3-5H2,1-2H3,(H,17,18). The van der Waals surface area contributed by atoms with Gasteiger partial charge in [0.25, 0.3) is 5.91 Å². The van der Waals surface area contributed by atoms with Crippen molar-refractivity contribution >= 4 is 22.2 Å². The van der Waals surface area contributed by atoms with E-state index in [1.165, 1.54) is 16.2 Å². The maximum absolute atomic E-state index is 12.3. The summed E-state index contributed by atoms with van der Waals surface area (Å²) in [6.07, 6.45) is 3.05. The van der Waals surface area contributed by atoms with Crippen LogP contribution in [0.15, 0.2) is 10.5 Å². The molecule has 1 aliphatic rings. The lowest BCUT2D eigenvalue weighted by Gasteiger charge is -2.02. The number of anilines is 1. The third-order valence-corrected chi connectivity index (χ3v) is 4.75. The zero-order valence-electron chi connectivity index (χ0n) is 11.4. The van der Waals surface area contributed by atoms with Crippen molar-refractivity contribution in [2.45, 2.75) is 33.1 Å². The summed E-state index contributed by atoms with van der Waals surface area (Å²) in [5, 5.41) is 12.8. The third-order valence-electron chi connectivity index (χ3n) is 3.55. The van der Waals surface area contributed by atoms with Gasteiger partial charge in [0.15, 0.2) is 0 Å². The smallest absolute Gasteiger partial charge is 0.259 e. The number of nitrogens with zero attached hydrogens (tertiary/aromatic N) is 1. The fraction of sp³-hybridized carbons (Fsp3) is 0.333. The molecular weight excluding hydrogens is 272 g/mol. The molecule has 0 fully saturated rings. The van der Waals surface area contributed by atoms with E-state index in [1.807, 2.05) is 6.92 Å². The first kappa shape index (κ1) is 12.9. The second-order valence-corrected chi connectivity index (χ2v) is 6.06. The molecule has 0 saturated heterocycles. The van der Waals surface area contributed by atoms with Crippen LogP contribution in [0.5, 0.6) is 0 Å². The predicted octanol–water partition coefficient (Wildman–Crippen LogP) is 3.57. The SMILES string of the molecule is Cc1cc(C(=O)Nc2sc3c(c2C#N)CCC3)c(C)o1. The van der Waals surface area contributed by atoms with Gasteiger partial charge in [-0.2, -0.15) is 5.26 Å². The minimum atomic E-state index is -0.212. The number of nitrogens with one attached hydrogen (secondary N) is 1. The second-order valence-electron chi connectivity index (χ2n) is 4.95. The van der Waals surface area contributed by atoms with Crippen molar-refractivity contribution < 1.29 is 9.21 Å². The molecule has 0 spiro atoms. The first-order valence-corrected chi connectivity index (χ1v) is 7.35. The molecule has 0 saturated carbocycles. The fourth-order valence-corrected chi connectivity index (χ4v) is 3.87. The number of nitriles is 1. The zero-order valence-corrected chi connectivity index (χ0v) is 12.2. The van der Waals surface area contributed by atoms with Crippen LogP contribution < -0.4 is 5.32 Å². The number of hydrogen-bond donors (Lipinski definition) is 1. The largest absolute Gasteiger partial charge is 0.466 e. The predicted molar refractivity (Wildman–Crippen MR) is 77.2 cm³/mol. The van der Waals surface area contributed by atoms with Gasteiger partial charge in [-0.25, -0.2) is 0 Å². The van der Waals surface area contributed by atoms with Crippen LogP contribution in [-0.2, 0) is 12.8 Å². The number of carbonyl (C=O) groups excluding carboxylic acids is 1. The Morgan fingerprint density at radius 1 is 1.45 bits per heavy atom. The van der Waals surface area contributed by atoms with Gasteiger partial charge in [0.1, 0.15) is 22.6 Å². The molecule has 0 bridgehead atoms. The number of thiophene rings is 1. The van der Waals surface area contributed by atoms with Crippen molar-refractivity contribution in [3.05, 3.63) is 39.2 Å². The molecule has 102 valence electrons. The van der Waals surface area contributed by atoms with E-state index in [4.69, 9.17) is 4.42 Å². The van der Waals surface area contributed by atoms with E-state index in [2.05, 4.69) is 11.4 Å². The summed E-state index contributed by atoms with van der Waals surface area (Å²) < 4.78 is 5.37. The Kier molecular flexibility index (Phi) is 3.11. The third kappa shape index (κ3) is 2.02. The molecule has 2 aromatic rings. The lowest BCUT2D eigenvalue weighted by atomic mass is 10.1. The van der Waals surface area contributed by atoms with Gasteiger partial charge in [-0.15, -0.1) is 11.3 Å². The summed E-state index contributed by atoms with van der Waals surface area (Å²) >= 11 is 1.52. The van der Waals surface area contributed by atoms with E-state index in [9.17, 15) is 10.1 Å². The Labute approximate surface area is 121 Å². The Balaban J connectivity index is 1.91. The molecule has 2 heterocycles. The highest BCUT2D eigenvalue weighted by Gasteiger charge is 2.24. The summed E-state index contributed by atoms with van der Waals surface area (Å²) in [6.45, 7) is 3.58. The lowest BCUT2D eigenvalue weighted by Crippen LogP contribution is -2.12. The number of hydrogen-bond acceptors (Lipinski definition) is 4. The van der Waals surface area contributed by atoms with Crippen molar-refractivity contribution in [1.29, 1.82) is 5.26 Å². The van der Waals surface area contributed by atoms with Gasteiger partial charge in [0.2, 0.25) is 0 Å². The van der Waals surface area contributed by atoms with Crippen LogP contribution in [0, 0.1) is 25.2 Å². The summed E-state index contributed by atoms with van der Waals surface area (Å²) in [7, 11) is 0. The van der Waals surface area contributed by atoms with E-state index in [1.54, 1.807) is 13.0 Å². The average molecular weight is 286 g/mol. The van der Waals surface area contributed by atoms with Crippen molar-refractivity contribution in [2.24, 2.45) is 0 Å². The first-order valence-electron chi connectivity index (χ1n) is 6.53.